The first-order valence-electron chi connectivity index (χ1n) is 10.1. The van der Waals surface area contributed by atoms with E-state index >= 15 is 0 Å². The molecule has 3 rings (SSSR count). The molecule has 150 valence electrons. The van der Waals surface area contributed by atoms with Crippen LogP contribution in [-0.2, 0) is 4.74 Å². The van der Waals surface area contributed by atoms with Crippen molar-refractivity contribution >= 4 is 6.09 Å². The third kappa shape index (κ3) is 4.57. The van der Waals surface area contributed by atoms with Crippen LogP contribution in [0, 0.1) is 5.41 Å². The minimum atomic E-state index is -0.430. The van der Waals surface area contributed by atoms with Gasteiger partial charge in [-0.3, -0.25) is 0 Å². The largest absolute Gasteiger partial charge is 0.497 e. The quantitative estimate of drug-likeness (QED) is 0.841. The van der Waals surface area contributed by atoms with E-state index in [1.165, 1.54) is 18.4 Å². The Morgan fingerprint density at radius 1 is 1.19 bits per heavy atom. The van der Waals surface area contributed by atoms with Crippen molar-refractivity contribution in [1.29, 1.82) is 0 Å². The van der Waals surface area contributed by atoms with Gasteiger partial charge >= 0.3 is 6.09 Å². The number of nitrogens with one attached hydrogen (secondary N) is 1. The molecule has 1 saturated carbocycles. The summed E-state index contributed by atoms with van der Waals surface area (Å²) >= 11 is 0. The molecule has 27 heavy (non-hydrogen) atoms. The second kappa shape index (κ2) is 7.70. The second-order valence-corrected chi connectivity index (χ2v) is 9.08. The van der Waals surface area contributed by atoms with Crippen LogP contribution in [0.25, 0.3) is 0 Å². The maximum absolute atomic E-state index is 12.3. The van der Waals surface area contributed by atoms with E-state index < -0.39 is 5.60 Å². The number of ether oxygens (including phenoxy) is 2. The lowest BCUT2D eigenvalue weighted by Crippen LogP contribution is -2.59. The third-order valence-electron chi connectivity index (χ3n) is 6.15. The van der Waals surface area contributed by atoms with Gasteiger partial charge in [0.25, 0.3) is 0 Å². The Hall–Kier alpha value is -1.75. The first-order valence-corrected chi connectivity index (χ1v) is 10.1. The van der Waals surface area contributed by atoms with Crippen LogP contribution in [0.15, 0.2) is 24.3 Å². The van der Waals surface area contributed by atoms with Crippen molar-refractivity contribution in [2.75, 3.05) is 20.2 Å². The fraction of sp³-hybridized carbons (Fsp3) is 0.682. The van der Waals surface area contributed by atoms with E-state index in [1.54, 1.807) is 7.11 Å². The molecule has 2 fully saturated rings. The Morgan fingerprint density at radius 2 is 1.81 bits per heavy atom. The molecule has 1 amide bonds. The van der Waals surface area contributed by atoms with E-state index in [0.717, 1.165) is 31.7 Å². The standard InChI is InChI=1S/C22H34N2O3/c1-16(17-6-8-18(26-5)9-7-17)23-19-10-11-22(19)12-14-24(15-13-22)20(25)27-21(2,3)4/h6-9,16,19,23H,10-15H2,1-5H3/t16-,19-/m1/s1. The highest BCUT2D eigenvalue weighted by atomic mass is 16.6. The summed E-state index contributed by atoms with van der Waals surface area (Å²) in [5.74, 6) is 0.889. The highest BCUT2D eigenvalue weighted by molar-refractivity contribution is 5.68. The third-order valence-corrected chi connectivity index (χ3v) is 6.15. The molecule has 1 saturated heterocycles. The molecule has 1 N–H and O–H groups in total. The molecule has 1 aliphatic heterocycles. The van der Waals surface area contributed by atoms with Crippen molar-refractivity contribution in [2.24, 2.45) is 5.41 Å². The molecule has 5 nitrogen and oxygen atoms in total. The molecule has 1 heterocycles. The van der Waals surface area contributed by atoms with Crippen LogP contribution in [0.2, 0.25) is 0 Å². The van der Waals surface area contributed by atoms with Crippen molar-refractivity contribution in [3.63, 3.8) is 0 Å². The average molecular weight is 375 g/mol. The molecule has 0 radical (unpaired) electrons. The van der Waals surface area contributed by atoms with Gasteiger partial charge in [-0.05, 0) is 76.5 Å². The Labute approximate surface area is 163 Å². The summed E-state index contributed by atoms with van der Waals surface area (Å²) in [5, 5.41) is 3.84. The second-order valence-electron chi connectivity index (χ2n) is 9.08. The molecule has 1 aromatic rings. The SMILES string of the molecule is COc1ccc([C@@H](C)N[C@@H]2CCC23CCN(C(=O)OC(C)(C)C)CC3)cc1. The first kappa shape index (κ1) is 20.0. The lowest BCUT2D eigenvalue weighted by atomic mass is 9.59. The summed E-state index contributed by atoms with van der Waals surface area (Å²) in [6, 6.07) is 9.13. The van der Waals surface area contributed by atoms with Crippen molar-refractivity contribution in [3.8, 4) is 5.75 Å². The van der Waals surface area contributed by atoms with Crippen molar-refractivity contribution < 1.29 is 14.3 Å². The van der Waals surface area contributed by atoms with Gasteiger partial charge < -0.3 is 19.7 Å². The molecule has 0 aromatic heterocycles. The van der Waals surface area contributed by atoms with E-state index in [2.05, 4.69) is 24.4 Å². The van der Waals surface area contributed by atoms with Crippen LogP contribution in [-0.4, -0.2) is 42.8 Å². The zero-order valence-corrected chi connectivity index (χ0v) is 17.4. The number of hydrogen-bond donors (Lipinski definition) is 1. The maximum Gasteiger partial charge on any atom is 0.410 e. The molecule has 0 unspecified atom stereocenters. The Bertz CT molecular complexity index is 643. The molecule has 1 spiro atoms. The summed E-state index contributed by atoms with van der Waals surface area (Å²) in [5.41, 5.74) is 1.18. The van der Waals surface area contributed by atoms with Crippen LogP contribution in [0.4, 0.5) is 4.79 Å². The van der Waals surface area contributed by atoms with Gasteiger partial charge in [0.1, 0.15) is 11.4 Å². The Balaban J connectivity index is 1.53. The van der Waals surface area contributed by atoms with Crippen LogP contribution >= 0.6 is 0 Å². The average Bonchev–Trinajstić information content (AvgIpc) is 2.64. The normalized spacial score (nSPS) is 22.9. The summed E-state index contributed by atoms with van der Waals surface area (Å²) in [6.45, 7) is 9.58. The molecule has 1 aromatic carbocycles. The van der Waals surface area contributed by atoms with E-state index in [4.69, 9.17) is 9.47 Å². The van der Waals surface area contributed by atoms with Crippen LogP contribution in [0.5, 0.6) is 5.75 Å². The fourth-order valence-corrected chi connectivity index (χ4v) is 4.31. The zero-order valence-electron chi connectivity index (χ0n) is 17.4. The monoisotopic (exact) mass is 374 g/mol. The minimum absolute atomic E-state index is 0.173. The molecular weight excluding hydrogens is 340 g/mol. The zero-order chi connectivity index (χ0) is 19.7. The van der Waals surface area contributed by atoms with Gasteiger partial charge in [-0.2, -0.15) is 0 Å². The van der Waals surface area contributed by atoms with Crippen LogP contribution in [0.3, 0.4) is 0 Å². The van der Waals surface area contributed by atoms with Crippen molar-refractivity contribution in [1.82, 2.24) is 10.2 Å². The number of carbonyl (C=O) groups excluding carboxylic acids is 1. The maximum atomic E-state index is 12.3. The fourth-order valence-electron chi connectivity index (χ4n) is 4.31. The number of carbonyl (C=O) groups is 1. The molecule has 2 atom stereocenters. The van der Waals surface area contributed by atoms with E-state index in [9.17, 15) is 4.79 Å². The lowest BCUT2D eigenvalue weighted by molar-refractivity contribution is -0.0261. The highest BCUT2D eigenvalue weighted by Crippen LogP contribution is 2.50. The Kier molecular flexibility index (Phi) is 5.71. The predicted octanol–water partition coefficient (Wildman–Crippen LogP) is 4.53. The molecule has 2 aliphatic rings. The molecule has 1 aliphatic carbocycles. The summed E-state index contributed by atoms with van der Waals surface area (Å²) in [7, 11) is 1.69. The molecule has 0 bridgehead atoms. The van der Waals surface area contributed by atoms with Gasteiger partial charge in [-0.15, -0.1) is 0 Å². The van der Waals surface area contributed by atoms with E-state index in [-0.39, 0.29) is 6.09 Å². The predicted molar refractivity (Wildman–Crippen MR) is 107 cm³/mol. The number of methoxy groups -OCH3 is 1. The van der Waals surface area contributed by atoms with Crippen LogP contribution in [0.1, 0.15) is 65.0 Å². The number of hydrogen-bond acceptors (Lipinski definition) is 4. The van der Waals surface area contributed by atoms with Gasteiger partial charge in [0.05, 0.1) is 7.11 Å². The van der Waals surface area contributed by atoms with Gasteiger partial charge in [0, 0.05) is 25.2 Å². The first-order chi connectivity index (χ1) is 12.7. The van der Waals surface area contributed by atoms with Gasteiger partial charge in [-0.25, -0.2) is 4.79 Å². The highest BCUT2D eigenvalue weighted by Gasteiger charge is 2.49. The van der Waals surface area contributed by atoms with E-state index in [0.29, 0.717) is 17.5 Å². The van der Waals surface area contributed by atoms with Crippen LogP contribution < -0.4 is 10.1 Å². The van der Waals surface area contributed by atoms with Gasteiger partial charge in [0.2, 0.25) is 0 Å². The lowest BCUT2D eigenvalue weighted by Gasteiger charge is -2.55. The van der Waals surface area contributed by atoms with Gasteiger partial charge in [0.15, 0.2) is 0 Å². The molecular formula is C22H34N2O3. The number of piperidine rings is 1. The summed E-state index contributed by atoms with van der Waals surface area (Å²) in [4.78, 5) is 14.2. The number of likely N-dealkylation sites (tertiary alicyclic amines) is 1. The minimum Gasteiger partial charge on any atom is -0.497 e. The summed E-state index contributed by atoms with van der Waals surface area (Å²) < 4.78 is 10.8. The van der Waals surface area contributed by atoms with Crippen molar-refractivity contribution in [2.45, 2.75) is 71.1 Å². The van der Waals surface area contributed by atoms with Gasteiger partial charge in [-0.1, -0.05) is 12.1 Å². The number of rotatable bonds is 4. The van der Waals surface area contributed by atoms with Crippen molar-refractivity contribution in [3.05, 3.63) is 29.8 Å². The number of nitrogens with zero attached hydrogens (tertiary/aromatic N) is 1. The smallest absolute Gasteiger partial charge is 0.410 e. The van der Waals surface area contributed by atoms with E-state index in [1.807, 2.05) is 37.8 Å². The Morgan fingerprint density at radius 3 is 2.30 bits per heavy atom. The molecule has 5 heteroatoms. The number of benzene rings is 1. The topological polar surface area (TPSA) is 50.8 Å². The summed E-state index contributed by atoms with van der Waals surface area (Å²) in [6.07, 6.45) is 4.40. The number of amides is 1.